The van der Waals surface area contributed by atoms with E-state index in [1.54, 1.807) is 0 Å². The second kappa shape index (κ2) is 10.9. The second-order valence-electron chi connectivity index (χ2n) is 10.8. The first-order chi connectivity index (χ1) is 18.8. The SMILES string of the molecule is c1cc(-c2nc(N3CCOCC3)c3sc(CN4CCN(CCN5CCCC5)CC4)cc3n2)c2cc[nH]c2c1. The number of H-pyrrole nitrogens is 1. The Balaban J connectivity index is 1.12. The molecule has 8 nitrogen and oxygen atoms in total. The van der Waals surface area contributed by atoms with Crippen LogP contribution in [0.2, 0.25) is 0 Å². The second-order valence-corrected chi connectivity index (χ2v) is 11.9. The largest absolute Gasteiger partial charge is 0.378 e. The summed E-state index contributed by atoms with van der Waals surface area (Å²) >= 11 is 1.87. The van der Waals surface area contributed by atoms with E-state index in [0.717, 1.165) is 79.6 Å². The lowest BCUT2D eigenvalue weighted by Gasteiger charge is -2.35. The van der Waals surface area contributed by atoms with Gasteiger partial charge in [-0.25, -0.2) is 9.97 Å². The Kier molecular flexibility index (Phi) is 7.02. The van der Waals surface area contributed by atoms with Crippen molar-refractivity contribution in [2.75, 3.05) is 83.6 Å². The first kappa shape index (κ1) is 24.5. The van der Waals surface area contributed by atoms with E-state index < -0.39 is 0 Å². The van der Waals surface area contributed by atoms with E-state index in [1.807, 2.05) is 17.5 Å². The van der Waals surface area contributed by atoms with Crippen LogP contribution in [0.3, 0.4) is 0 Å². The lowest BCUT2D eigenvalue weighted by atomic mass is 10.1. The average Bonchev–Trinajstić information content (AvgIpc) is 3.73. The van der Waals surface area contributed by atoms with Gasteiger partial charge in [0.2, 0.25) is 0 Å². The number of aromatic nitrogens is 3. The Hall–Kier alpha value is -2.56. The Morgan fingerprint density at radius 2 is 1.61 bits per heavy atom. The fourth-order valence-corrected chi connectivity index (χ4v) is 7.27. The molecule has 0 saturated carbocycles. The Morgan fingerprint density at radius 3 is 2.42 bits per heavy atom. The highest BCUT2D eigenvalue weighted by molar-refractivity contribution is 7.19. The standard InChI is InChI=1S/C29H37N7OS/c1-2-9-33(8-1)10-11-34-12-14-35(15-13-34)21-22-20-26-27(38-22)29(36-16-18-37-19-17-36)32-28(31-26)24-4-3-5-25-23(24)6-7-30-25/h3-7,20,30H,1-2,8-19,21H2. The molecule has 200 valence electrons. The monoisotopic (exact) mass is 531 g/mol. The number of nitrogens with zero attached hydrogens (tertiary/aromatic N) is 6. The quantitative estimate of drug-likeness (QED) is 0.388. The van der Waals surface area contributed by atoms with Crippen molar-refractivity contribution in [1.82, 2.24) is 29.7 Å². The molecule has 0 atom stereocenters. The first-order valence-electron chi connectivity index (χ1n) is 14.2. The van der Waals surface area contributed by atoms with Gasteiger partial charge < -0.3 is 19.5 Å². The minimum absolute atomic E-state index is 0.745. The molecule has 3 fully saturated rings. The maximum absolute atomic E-state index is 5.66. The molecule has 3 aromatic heterocycles. The van der Waals surface area contributed by atoms with Crippen molar-refractivity contribution in [2.45, 2.75) is 19.4 Å². The smallest absolute Gasteiger partial charge is 0.162 e. The zero-order chi connectivity index (χ0) is 25.3. The Morgan fingerprint density at radius 1 is 0.842 bits per heavy atom. The summed E-state index contributed by atoms with van der Waals surface area (Å²) in [5.41, 5.74) is 3.26. The molecular weight excluding hydrogens is 494 g/mol. The minimum Gasteiger partial charge on any atom is -0.378 e. The van der Waals surface area contributed by atoms with Crippen LogP contribution in [-0.2, 0) is 11.3 Å². The summed E-state index contributed by atoms with van der Waals surface area (Å²) in [5.74, 6) is 1.86. The molecule has 9 heteroatoms. The van der Waals surface area contributed by atoms with Crippen molar-refractivity contribution in [3.8, 4) is 11.4 Å². The van der Waals surface area contributed by atoms with Crippen molar-refractivity contribution < 1.29 is 4.74 Å². The molecule has 6 heterocycles. The number of morpholine rings is 1. The molecule has 0 amide bonds. The first-order valence-corrected chi connectivity index (χ1v) is 15.0. The summed E-state index contributed by atoms with van der Waals surface area (Å²) in [7, 11) is 0. The third kappa shape index (κ3) is 5.05. The molecular formula is C29H37N7OS. The summed E-state index contributed by atoms with van der Waals surface area (Å²) < 4.78 is 6.86. The number of hydrogen-bond acceptors (Lipinski definition) is 8. The third-order valence-corrected chi connectivity index (χ3v) is 9.43. The normalized spacial score (nSPS) is 20.3. The number of rotatable bonds is 7. The van der Waals surface area contributed by atoms with E-state index in [2.05, 4.69) is 54.9 Å². The predicted molar refractivity (Wildman–Crippen MR) is 155 cm³/mol. The average molecular weight is 532 g/mol. The number of anilines is 1. The number of hydrogen-bond donors (Lipinski definition) is 1. The number of ether oxygens (including phenoxy) is 1. The van der Waals surface area contributed by atoms with Gasteiger partial charge in [-0.15, -0.1) is 11.3 Å². The van der Waals surface area contributed by atoms with E-state index in [1.165, 1.54) is 61.7 Å². The van der Waals surface area contributed by atoms with Crippen molar-refractivity contribution in [2.24, 2.45) is 0 Å². The predicted octanol–water partition coefficient (Wildman–Crippen LogP) is 3.89. The van der Waals surface area contributed by atoms with Gasteiger partial charge >= 0.3 is 0 Å². The van der Waals surface area contributed by atoms with Crippen LogP contribution < -0.4 is 4.90 Å². The molecule has 38 heavy (non-hydrogen) atoms. The molecule has 3 aliphatic heterocycles. The molecule has 1 aromatic carbocycles. The van der Waals surface area contributed by atoms with E-state index >= 15 is 0 Å². The topological polar surface area (TPSA) is 63.8 Å². The fourth-order valence-electron chi connectivity index (χ4n) is 6.11. The summed E-state index contributed by atoms with van der Waals surface area (Å²) in [6.07, 6.45) is 4.75. The van der Waals surface area contributed by atoms with Gasteiger partial charge in [0, 0.05) is 86.4 Å². The maximum Gasteiger partial charge on any atom is 0.162 e. The Bertz CT molecular complexity index is 1380. The summed E-state index contributed by atoms with van der Waals surface area (Å²) in [6.45, 7) is 13.9. The highest BCUT2D eigenvalue weighted by Gasteiger charge is 2.23. The lowest BCUT2D eigenvalue weighted by Crippen LogP contribution is -2.47. The highest BCUT2D eigenvalue weighted by Crippen LogP contribution is 2.36. The van der Waals surface area contributed by atoms with E-state index in [-0.39, 0.29) is 0 Å². The highest BCUT2D eigenvalue weighted by atomic mass is 32.1. The van der Waals surface area contributed by atoms with Gasteiger partial charge in [-0.1, -0.05) is 12.1 Å². The molecule has 4 aromatic rings. The molecule has 0 unspecified atom stereocenters. The van der Waals surface area contributed by atoms with Crippen LogP contribution in [0.15, 0.2) is 36.5 Å². The number of likely N-dealkylation sites (tertiary alicyclic amines) is 1. The minimum atomic E-state index is 0.745. The van der Waals surface area contributed by atoms with Crippen LogP contribution in [0.5, 0.6) is 0 Å². The van der Waals surface area contributed by atoms with Crippen molar-refractivity contribution >= 4 is 38.3 Å². The number of nitrogens with one attached hydrogen (secondary N) is 1. The van der Waals surface area contributed by atoms with Gasteiger partial charge in [-0.3, -0.25) is 9.80 Å². The molecule has 1 N–H and O–H groups in total. The molecule has 7 rings (SSSR count). The van der Waals surface area contributed by atoms with Crippen LogP contribution in [0, 0.1) is 0 Å². The van der Waals surface area contributed by atoms with E-state index in [9.17, 15) is 0 Å². The van der Waals surface area contributed by atoms with Gasteiger partial charge in [0.25, 0.3) is 0 Å². The van der Waals surface area contributed by atoms with Crippen LogP contribution in [0.4, 0.5) is 5.82 Å². The molecule has 3 aliphatic rings. The fraction of sp³-hybridized carbons (Fsp3) is 0.517. The summed E-state index contributed by atoms with van der Waals surface area (Å²) in [6, 6.07) is 10.8. The van der Waals surface area contributed by atoms with Crippen LogP contribution in [-0.4, -0.2) is 108 Å². The maximum atomic E-state index is 5.66. The Labute approximate surface area is 228 Å². The van der Waals surface area contributed by atoms with Gasteiger partial charge in [0.05, 0.1) is 23.4 Å². The van der Waals surface area contributed by atoms with Crippen molar-refractivity contribution in [3.63, 3.8) is 0 Å². The van der Waals surface area contributed by atoms with Crippen LogP contribution in [0.1, 0.15) is 17.7 Å². The third-order valence-electron chi connectivity index (χ3n) is 8.33. The summed E-state index contributed by atoms with van der Waals surface area (Å²) in [5, 5.41) is 1.16. The van der Waals surface area contributed by atoms with Crippen molar-refractivity contribution in [1.29, 1.82) is 0 Å². The van der Waals surface area contributed by atoms with Gasteiger partial charge in [-0.2, -0.15) is 0 Å². The van der Waals surface area contributed by atoms with Crippen LogP contribution >= 0.6 is 11.3 Å². The summed E-state index contributed by atoms with van der Waals surface area (Å²) in [4.78, 5) is 25.3. The molecule has 3 saturated heterocycles. The van der Waals surface area contributed by atoms with Gasteiger partial charge in [0.15, 0.2) is 11.6 Å². The number of piperazine rings is 1. The lowest BCUT2D eigenvalue weighted by molar-refractivity contribution is 0.118. The molecule has 0 radical (unpaired) electrons. The van der Waals surface area contributed by atoms with Crippen LogP contribution in [0.25, 0.3) is 32.5 Å². The zero-order valence-corrected chi connectivity index (χ0v) is 22.9. The number of thiophene rings is 1. The van der Waals surface area contributed by atoms with Gasteiger partial charge in [0.1, 0.15) is 0 Å². The number of aromatic amines is 1. The number of fused-ring (bicyclic) bond motifs is 2. The van der Waals surface area contributed by atoms with E-state index in [0.29, 0.717) is 0 Å². The molecule has 0 spiro atoms. The van der Waals surface area contributed by atoms with Crippen molar-refractivity contribution in [3.05, 3.63) is 41.4 Å². The van der Waals surface area contributed by atoms with Gasteiger partial charge in [-0.05, 0) is 44.1 Å². The number of benzene rings is 1. The molecule has 0 bridgehead atoms. The molecule has 0 aliphatic carbocycles. The zero-order valence-electron chi connectivity index (χ0n) is 22.1. The van der Waals surface area contributed by atoms with E-state index in [4.69, 9.17) is 14.7 Å².